The van der Waals surface area contributed by atoms with Gasteiger partial charge in [0.05, 0.1) is 23.1 Å². The fourth-order valence-electron chi connectivity index (χ4n) is 4.20. The van der Waals surface area contributed by atoms with Crippen LogP contribution in [-0.4, -0.2) is 40.1 Å². The quantitative estimate of drug-likeness (QED) is 0.372. The molecule has 4 heterocycles. The lowest BCUT2D eigenvalue weighted by molar-refractivity contribution is -0.126. The van der Waals surface area contributed by atoms with Crippen LogP contribution in [0.1, 0.15) is 33.0 Å². The van der Waals surface area contributed by atoms with Gasteiger partial charge in [0.25, 0.3) is 0 Å². The Labute approximate surface area is 211 Å². The molecule has 35 heavy (non-hydrogen) atoms. The fraction of sp³-hybridized carbons (Fsp3) is 0.261. The molecule has 9 nitrogen and oxygen atoms in total. The summed E-state index contributed by atoms with van der Waals surface area (Å²) in [5.41, 5.74) is 0.827. The molecule has 1 aromatic carbocycles. The second-order valence-corrected chi connectivity index (χ2v) is 11.0. The Kier molecular flexibility index (Phi) is 6.34. The van der Waals surface area contributed by atoms with Crippen molar-refractivity contribution in [3.8, 4) is 0 Å². The summed E-state index contributed by atoms with van der Waals surface area (Å²) in [6.07, 6.45) is 0. The Balaban J connectivity index is 1.40. The number of hydrogen-bond acceptors (Lipinski definition) is 9. The minimum Gasteiger partial charge on any atom is -0.462 e. The molecule has 0 radical (unpaired) electrons. The third-order valence-electron chi connectivity index (χ3n) is 5.72. The van der Waals surface area contributed by atoms with Gasteiger partial charge in [-0.25, -0.2) is 4.79 Å². The molecule has 3 atom stereocenters. The third-order valence-corrected chi connectivity index (χ3v) is 9.29. The highest BCUT2D eigenvalue weighted by atomic mass is 32.2. The average molecular weight is 530 g/mol. The molecular formula is C23H19N3O6S3. The molecule has 0 bridgehead atoms. The lowest BCUT2D eigenvalue weighted by Crippen LogP contribution is -2.32. The number of thiophene rings is 1. The van der Waals surface area contributed by atoms with Crippen molar-refractivity contribution in [3.63, 3.8) is 0 Å². The Bertz CT molecular complexity index is 1380. The topological polar surface area (TPSA) is 124 Å². The van der Waals surface area contributed by atoms with E-state index in [0.29, 0.717) is 21.2 Å². The van der Waals surface area contributed by atoms with Crippen molar-refractivity contribution in [2.75, 3.05) is 11.9 Å². The van der Waals surface area contributed by atoms with E-state index in [2.05, 4.69) is 10.6 Å². The molecule has 2 aliphatic heterocycles. The highest BCUT2D eigenvalue weighted by Crippen LogP contribution is 2.52. The molecule has 0 saturated carbocycles. The largest absolute Gasteiger partial charge is 0.462 e. The van der Waals surface area contributed by atoms with Gasteiger partial charge < -0.3 is 10.1 Å². The maximum atomic E-state index is 12.9. The normalized spacial score (nSPS) is 20.7. The van der Waals surface area contributed by atoms with E-state index in [0.717, 1.165) is 28.0 Å². The molecule has 0 spiro atoms. The number of nitrogens with one attached hydrogen (secondary N) is 2. The number of hydrogen-bond donors (Lipinski definition) is 2. The van der Waals surface area contributed by atoms with Crippen LogP contribution in [0, 0.1) is 5.92 Å². The molecular weight excluding hydrogens is 510 g/mol. The second kappa shape index (κ2) is 9.44. The molecule has 1 fully saturated rings. The summed E-state index contributed by atoms with van der Waals surface area (Å²) in [7, 11) is 0. The van der Waals surface area contributed by atoms with Crippen molar-refractivity contribution in [1.29, 1.82) is 0 Å². The molecule has 2 aliphatic rings. The third kappa shape index (κ3) is 4.32. The number of amides is 3. The molecule has 3 aromatic rings. The molecule has 2 aromatic heterocycles. The highest BCUT2D eigenvalue weighted by molar-refractivity contribution is 8.00. The maximum absolute atomic E-state index is 12.9. The van der Waals surface area contributed by atoms with Gasteiger partial charge in [-0.1, -0.05) is 29.2 Å². The van der Waals surface area contributed by atoms with Gasteiger partial charge in [-0.3, -0.25) is 29.1 Å². The van der Waals surface area contributed by atoms with Crippen LogP contribution >= 0.6 is 34.4 Å². The van der Waals surface area contributed by atoms with Crippen LogP contribution in [0.3, 0.4) is 0 Å². The van der Waals surface area contributed by atoms with E-state index in [1.165, 1.54) is 15.9 Å². The summed E-state index contributed by atoms with van der Waals surface area (Å²) in [5.74, 6) is -2.62. The zero-order valence-electron chi connectivity index (χ0n) is 18.3. The lowest BCUT2D eigenvalue weighted by Gasteiger charge is -2.29. The predicted molar refractivity (Wildman–Crippen MR) is 132 cm³/mol. The van der Waals surface area contributed by atoms with E-state index in [1.807, 2.05) is 17.5 Å². The highest BCUT2D eigenvalue weighted by Gasteiger charge is 2.53. The van der Waals surface area contributed by atoms with Gasteiger partial charge in [0.15, 0.2) is 0 Å². The maximum Gasteiger partial charge on any atom is 0.338 e. The number of benzene rings is 1. The van der Waals surface area contributed by atoms with Gasteiger partial charge in [-0.15, -0.1) is 11.3 Å². The summed E-state index contributed by atoms with van der Waals surface area (Å²) < 4.78 is 6.31. The minimum atomic E-state index is -0.666. The lowest BCUT2D eigenvalue weighted by atomic mass is 9.87. The summed E-state index contributed by atoms with van der Waals surface area (Å²) in [5, 5.41) is 6.90. The standard InChI is InChI=1S/C23H19N3O6S3/c1-2-32-22(30)11-5-7-12(8-6-11)24-14(27)10-26-21-18(35-23(26)31)15(13-4-3-9-33-13)16-17(34-21)20(29)25-19(16)28/h3-9,15-17H,2,10H2,1H3,(H,24,27)(H,25,28,29). The van der Waals surface area contributed by atoms with Crippen LogP contribution in [-0.2, 0) is 25.7 Å². The number of ether oxygens (including phenoxy) is 1. The Morgan fingerprint density at radius 3 is 2.57 bits per heavy atom. The van der Waals surface area contributed by atoms with Gasteiger partial charge >= 0.3 is 10.8 Å². The smallest absolute Gasteiger partial charge is 0.338 e. The number of carbonyl (C=O) groups excluding carboxylic acids is 4. The van der Waals surface area contributed by atoms with E-state index < -0.39 is 29.0 Å². The Morgan fingerprint density at radius 1 is 1.11 bits per heavy atom. The monoisotopic (exact) mass is 529 g/mol. The van der Waals surface area contributed by atoms with Gasteiger partial charge in [0.2, 0.25) is 17.7 Å². The number of imide groups is 1. The first-order valence-corrected chi connectivity index (χ1v) is 13.3. The van der Waals surface area contributed by atoms with E-state index >= 15 is 0 Å². The second-order valence-electron chi connectivity index (χ2n) is 7.88. The van der Waals surface area contributed by atoms with E-state index in [1.54, 1.807) is 31.2 Å². The van der Waals surface area contributed by atoms with Crippen LogP contribution in [0.25, 0.3) is 0 Å². The molecule has 12 heteroatoms. The molecule has 2 N–H and O–H groups in total. The van der Waals surface area contributed by atoms with E-state index in [-0.39, 0.29) is 29.8 Å². The molecule has 3 amide bonds. The van der Waals surface area contributed by atoms with Crippen molar-refractivity contribution in [2.45, 2.75) is 29.7 Å². The molecule has 3 unspecified atom stereocenters. The number of esters is 1. The van der Waals surface area contributed by atoms with Gasteiger partial charge in [-0.2, -0.15) is 0 Å². The average Bonchev–Trinajstić information content (AvgIpc) is 3.53. The van der Waals surface area contributed by atoms with Crippen molar-refractivity contribution < 1.29 is 23.9 Å². The first-order valence-electron chi connectivity index (χ1n) is 10.7. The summed E-state index contributed by atoms with van der Waals surface area (Å²) in [6.45, 7) is 1.73. The number of fused-ring (bicyclic) bond motifs is 2. The van der Waals surface area contributed by atoms with Crippen molar-refractivity contribution in [1.82, 2.24) is 9.88 Å². The first kappa shape index (κ1) is 23.5. The number of nitrogens with zero attached hydrogens (tertiary/aromatic N) is 1. The zero-order valence-corrected chi connectivity index (χ0v) is 20.8. The van der Waals surface area contributed by atoms with Crippen molar-refractivity contribution in [3.05, 3.63) is 66.8 Å². The number of rotatable bonds is 6. The molecule has 0 aliphatic carbocycles. The van der Waals surface area contributed by atoms with Gasteiger partial charge in [0.1, 0.15) is 11.8 Å². The molecule has 180 valence electrons. The zero-order chi connectivity index (χ0) is 24.7. The Hall–Kier alpha value is -3.22. The number of anilines is 1. The summed E-state index contributed by atoms with van der Waals surface area (Å²) in [4.78, 5) is 63.9. The molecule has 5 rings (SSSR count). The van der Waals surface area contributed by atoms with Crippen molar-refractivity contribution in [2.24, 2.45) is 5.92 Å². The number of thioether (sulfide) groups is 1. The summed E-state index contributed by atoms with van der Waals surface area (Å²) >= 11 is 3.63. The Morgan fingerprint density at radius 2 is 1.89 bits per heavy atom. The van der Waals surface area contributed by atoms with Gasteiger partial charge in [-0.05, 0) is 42.6 Å². The fourth-order valence-corrected chi connectivity index (χ4v) is 7.89. The van der Waals surface area contributed by atoms with Crippen LogP contribution in [0.4, 0.5) is 5.69 Å². The van der Waals surface area contributed by atoms with Crippen LogP contribution in [0.2, 0.25) is 0 Å². The predicted octanol–water partition coefficient (Wildman–Crippen LogP) is 2.67. The summed E-state index contributed by atoms with van der Waals surface area (Å²) in [6, 6.07) is 10.0. The van der Waals surface area contributed by atoms with Crippen LogP contribution in [0.15, 0.2) is 51.6 Å². The number of carbonyl (C=O) groups is 4. The number of aromatic nitrogens is 1. The van der Waals surface area contributed by atoms with Crippen LogP contribution in [0.5, 0.6) is 0 Å². The number of thiazole rings is 1. The minimum absolute atomic E-state index is 0.249. The van der Waals surface area contributed by atoms with E-state index in [4.69, 9.17) is 4.74 Å². The molecule has 1 saturated heterocycles. The van der Waals surface area contributed by atoms with Crippen molar-refractivity contribution >= 4 is 63.8 Å². The van der Waals surface area contributed by atoms with E-state index in [9.17, 15) is 24.0 Å². The first-order chi connectivity index (χ1) is 16.9. The SMILES string of the molecule is CCOC(=O)c1ccc(NC(=O)Cn2c3c(sc2=O)C(c2cccs2)C2C(=O)NC(=O)C2S3)cc1. The van der Waals surface area contributed by atoms with Gasteiger partial charge in [0, 0.05) is 21.4 Å². The van der Waals surface area contributed by atoms with Crippen LogP contribution < -0.4 is 15.5 Å².